The van der Waals surface area contributed by atoms with E-state index < -0.39 is 0 Å². The van der Waals surface area contributed by atoms with Crippen LogP contribution in [0.15, 0.2) is 36.4 Å². The summed E-state index contributed by atoms with van der Waals surface area (Å²) in [5, 5.41) is 16.3. The monoisotopic (exact) mass is 431 g/mol. The van der Waals surface area contributed by atoms with Gasteiger partial charge in [0, 0.05) is 42.8 Å². The van der Waals surface area contributed by atoms with E-state index in [0.29, 0.717) is 29.4 Å². The highest BCUT2D eigenvalue weighted by Gasteiger charge is 2.24. The first-order valence-electron chi connectivity index (χ1n) is 10.4. The lowest BCUT2D eigenvalue weighted by Gasteiger charge is -2.34. The van der Waals surface area contributed by atoms with E-state index in [2.05, 4.69) is 26.6 Å². The molecule has 2 aromatic carbocycles. The van der Waals surface area contributed by atoms with Crippen LogP contribution < -0.4 is 26.0 Å². The molecule has 0 aliphatic carbocycles. The van der Waals surface area contributed by atoms with Gasteiger partial charge in [0.05, 0.1) is 18.2 Å². The molecule has 4 N–H and O–H groups in total. The van der Waals surface area contributed by atoms with E-state index in [0.717, 1.165) is 41.9 Å². The van der Waals surface area contributed by atoms with Crippen LogP contribution in [0.2, 0.25) is 0 Å². The maximum atomic E-state index is 11.6. The average molecular weight is 432 g/mol. The highest BCUT2D eigenvalue weighted by Crippen LogP contribution is 2.31. The molecule has 3 aromatic rings. The molecule has 2 heterocycles. The Morgan fingerprint density at radius 1 is 1.28 bits per heavy atom. The normalized spacial score (nSPS) is 15.8. The van der Waals surface area contributed by atoms with Crippen molar-refractivity contribution in [3.05, 3.63) is 42.0 Å². The third-order valence-corrected chi connectivity index (χ3v) is 5.44. The van der Waals surface area contributed by atoms with Crippen molar-refractivity contribution in [2.45, 2.75) is 25.8 Å². The second kappa shape index (κ2) is 8.98. The van der Waals surface area contributed by atoms with Crippen LogP contribution in [0.1, 0.15) is 25.3 Å². The number of amides is 1. The van der Waals surface area contributed by atoms with Crippen molar-refractivity contribution in [1.82, 2.24) is 15.3 Å². The number of carbonyl (C=O) groups is 1. The third-order valence-electron chi connectivity index (χ3n) is 5.44. The first-order chi connectivity index (χ1) is 15.5. The number of fused-ring (bicyclic) bond motifs is 1. The van der Waals surface area contributed by atoms with E-state index in [4.69, 9.17) is 15.5 Å². The van der Waals surface area contributed by atoms with Crippen LogP contribution in [-0.4, -0.2) is 42.1 Å². The van der Waals surface area contributed by atoms with Gasteiger partial charge in [0.1, 0.15) is 17.6 Å². The summed E-state index contributed by atoms with van der Waals surface area (Å²) in [6, 6.07) is 12.9. The molecule has 0 saturated carbocycles. The first-order valence-corrected chi connectivity index (χ1v) is 10.4. The Bertz CT molecular complexity index is 1200. The maximum absolute atomic E-state index is 11.6. The molecule has 1 aliphatic rings. The van der Waals surface area contributed by atoms with Crippen LogP contribution in [0.3, 0.4) is 0 Å². The predicted molar refractivity (Wildman–Crippen MR) is 124 cm³/mol. The third kappa shape index (κ3) is 4.49. The quantitative estimate of drug-likeness (QED) is 0.526. The van der Waals surface area contributed by atoms with Gasteiger partial charge in [-0.25, -0.2) is 4.98 Å². The van der Waals surface area contributed by atoms with Gasteiger partial charge >= 0.3 is 0 Å². The Morgan fingerprint density at radius 3 is 2.88 bits per heavy atom. The summed E-state index contributed by atoms with van der Waals surface area (Å²) in [4.78, 5) is 23.2. The summed E-state index contributed by atoms with van der Waals surface area (Å²) in [5.74, 6) is 1.86. The zero-order valence-electron chi connectivity index (χ0n) is 18.1. The number of ether oxygens (including phenoxy) is 1. The molecule has 1 unspecified atom stereocenters. The number of benzene rings is 2. The molecule has 0 radical (unpaired) electrons. The van der Waals surface area contributed by atoms with Crippen LogP contribution in [0.4, 0.5) is 23.1 Å². The van der Waals surface area contributed by atoms with E-state index in [1.807, 2.05) is 18.2 Å². The van der Waals surface area contributed by atoms with Crippen LogP contribution in [-0.2, 0) is 4.79 Å². The second-order valence-electron chi connectivity index (χ2n) is 7.78. The van der Waals surface area contributed by atoms with Gasteiger partial charge in [-0.05, 0) is 49.2 Å². The van der Waals surface area contributed by atoms with Gasteiger partial charge in [-0.2, -0.15) is 10.2 Å². The molecule has 1 aliphatic heterocycles. The van der Waals surface area contributed by atoms with E-state index >= 15 is 0 Å². The Balaban J connectivity index is 1.74. The number of carbonyl (C=O) groups excluding carboxylic acids is 1. The van der Waals surface area contributed by atoms with Crippen LogP contribution in [0.25, 0.3) is 10.9 Å². The summed E-state index contributed by atoms with van der Waals surface area (Å²) in [6.45, 7) is 3.01. The number of aromatic nitrogens is 2. The van der Waals surface area contributed by atoms with Gasteiger partial charge in [-0.1, -0.05) is 0 Å². The zero-order valence-corrected chi connectivity index (χ0v) is 18.1. The number of nitrogens with one attached hydrogen (secondary N) is 2. The average Bonchev–Trinajstić information content (AvgIpc) is 2.79. The summed E-state index contributed by atoms with van der Waals surface area (Å²) in [6.07, 6.45) is 1.86. The second-order valence-corrected chi connectivity index (χ2v) is 7.78. The summed E-state index contributed by atoms with van der Waals surface area (Å²) >= 11 is 0. The van der Waals surface area contributed by atoms with E-state index in [9.17, 15) is 10.1 Å². The number of hydrogen-bond donors (Lipinski definition) is 3. The van der Waals surface area contributed by atoms with Crippen molar-refractivity contribution in [1.29, 1.82) is 5.26 Å². The Morgan fingerprint density at radius 2 is 2.12 bits per heavy atom. The molecule has 0 bridgehead atoms. The molecule has 164 valence electrons. The van der Waals surface area contributed by atoms with Gasteiger partial charge in [0.25, 0.3) is 0 Å². The minimum absolute atomic E-state index is 0.0370. The molecule has 1 amide bonds. The van der Waals surface area contributed by atoms with Crippen LogP contribution in [0, 0.1) is 11.3 Å². The summed E-state index contributed by atoms with van der Waals surface area (Å²) in [7, 11) is 1.62. The van der Waals surface area contributed by atoms with Crippen molar-refractivity contribution < 1.29 is 9.53 Å². The van der Waals surface area contributed by atoms with Gasteiger partial charge in [0.15, 0.2) is 0 Å². The lowest BCUT2D eigenvalue weighted by Crippen LogP contribution is -2.47. The summed E-state index contributed by atoms with van der Waals surface area (Å²) < 4.78 is 5.41. The van der Waals surface area contributed by atoms with Crippen molar-refractivity contribution in [2.24, 2.45) is 0 Å². The van der Waals surface area contributed by atoms with Crippen LogP contribution >= 0.6 is 0 Å². The summed E-state index contributed by atoms with van der Waals surface area (Å²) in [5.41, 5.74) is 8.07. The SMILES string of the molecule is COc1ccc2nc(Nc3ccc(N)c(C#N)c3)nc(N3CCCC(NC(C)=O)C3)c2c1. The number of nitriles is 1. The smallest absolute Gasteiger partial charge is 0.229 e. The number of methoxy groups -OCH3 is 1. The van der Waals surface area contributed by atoms with Gasteiger partial charge in [-0.3, -0.25) is 4.79 Å². The van der Waals surface area contributed by atoms with Crippen LogP contribution in [0.5, 0.6) is 5.75 Å². The highest BCUT2D eigenvalue weighted by molar-refractivity contribution is 5.92. The topological polar surface area (TPSA) is 129 Å². The van der Waals surface area contributed by atoms with Crippen molar-refractivity contribution >= 4 is 40.0 Å². The number of nitrogens with zero attached hydrogens (tertiary/aromatic N) is 4. The van der Waals surface area contributed by atoms with Crippen molar-refractivity contribution in [3.63, 3.8) is 0 Å². The van der Waals surface area contributed by atoms with Gasteiger partial charge in [0.2, 0.25) is 11.9 Å². The molecule has 1 atom stereocenters. The van der Waals surface area contributed by atoms with Crippen molar-refractivity contribution in [2.75, 3.05) is 36.1 Å². The minimum atomic E-state index is -0.0370. The number of hydrogen-bond acceptors (Lipinski definition) is 8. The molecular formula is C23H25N7O2. The van der Waals surface area contributed by atoms with E-state index in [1.165, 1.54) is 6.92 Å². The molecule has 9 nitrogen and oxygen atoms in total. The first kappa shape index (κ1) is 21.2. The number of nitrogens with two attached hydrogens (primary N) is 1. The minimum Gasteiger partial charge on any atom is -0.497 e. The fraction of sp³-hybridized carbons (Fsp3) is 0.304. The largest absolute Gasteiger partial charge is 0.497 e. The Kier molecular flexibility index (Phi) is 5.94. The standard InChI is InChI=1S/C23H25N7O2/c1-14(31)26-17-4-3-9-30(13-17)22-19-11-18(32-2)6-8-21(19)28-23(29-22)27-16-5-7-20(25)15(10-16)12-24/h5-8,10-11,17H,3-4,9,13,25H2,1-2H3,(H,26,31)(H,27,28,29). The predicted octanol–water partition coefficient (Wildman–Crippen LogP) is 2.94. The Labute approximate surface area is 186 Å². The fourth-order valence-electron chi connectivity index (χ4n) is 3.95. The van der Waals surface area contributed by atoms with E-state index in [1.54, 1.807) is 25.3 Å². The lowest BCUT2D eigenvalue weighted by atomic mass is 10.0. The van der Waals surface area contributed by atoms with Crippen molar-refractivity contribution in [3.8, 4) is 11.8 Å². The molecule has 1 aromatic heterocycles. The number of rotatable bonds is 5. The Hall–Kier alpha value is -4.06. The zero-order chi connectivity index (χ0) is 22.7. The van der Waals surface area contributed by atoms with Gasteiger partial charge in [-0.15, -0.1) is 0 Å². The molecule has 4 rings (SSSR count). The number of nitrogen functional groups attached to an aromatic ring is 1. The molecule has 32 heavy (non-hydrogen) atoms. The number of piperidine rings is 1. The molecule has 1 fully saturated rings. The molecule has 1 saturated heterocycles. The molecule has 9 heteroatoms. The van der Waals surface area contributed by atoms with Gasteiger partial charge < -0.3 is 26.0 Å². The number of anilines is 4. The van der Waals surface area contributed by atoms with E-state index in [-0.39, 0.29) is 11.9 Å². The fourth-order valence-corrected chi connectivity index (χ4v) is 3.95. The molecule has 0 spiro atoms. The molecular weight excluding hydrogens is 406 g/mol. The maximum Gasteiger partial charge on any atom is 0.229 e. The lowest BCUT2D eigenvalue weighted by molar-refractivity contribution is -0.119. The highest BCUT2D eigenvalue weighted by atomic mass is 16.5.